The molecule has 0 radical (unpaired) electrons. The van der Waals surface area contributed by atoms with Gasteiger partial charge in [0.2, 0.25) is 0 Å². The first-order valence-electron chi connectivity index (χ1n) is 5.66. The van der Waals surface area contributed by atoms with Crippen LogP contribution in [0.5, 0.6) is 0 Å². The Labute approximate surface area is 111 Å². The van der Waals surface area contributed by atoms with Crippen LogP contribution in [0.15, 0.2) is 12.1 Å². The number of rotatable bonds is 5. The van der Waals surface area contributed by atoms with Crippen LogP contribution in [0.25, 0.3) is 0 Å². The summed E-state index contributed by atoms with van der Waals surface area (Å²) in [5.74, 6) is 5.23. The molecule has 4 nitrogen and oxygen atoms in total. The van der Waals surface area contributed by atoms with Crippen LogP contribution >= 0.6 is 11.3 Å². The minimum atomic E-state index is -0.173. The smallest absolute Gasteiger partial charge is 0.261 e. The normalized spacial score (nSPS) is 11.5. The van der Waals surface area contributed by atoms with Gasteiger partial charge in [0.1, 0.15) is 6.61 Å². The van der Waals surface area contributed by atoms with Gasteiger partial charge in [0.25, 0.3) is 5.91 Å². The number of methoxy groups -OCH3 is 1. The van der Waals surface area contributed by atoms with E-state index < -0.39 is 0 Å². The topological polar surface area (TPSA) is 58.6 Å². The highest BCUT2D eigenvalue weighted by Crippen LogP contribution is 2.15. The minimum absolute atomic E-state index is 0.0755. The quantitative estimate of drug-likeness (QED) is 0.789. The third-order valence-corrected chi connectivity index (χ3v) is 3.25. The van der Waals surface area contributed by atoms with Gasteiger partial charge in [-0.1, -0.05) is 11.8 Å². The number of thiophene rings is 1. The van der Waals surface area contributed by atoms with Crippen molar-refractivity contribution in [2.75, 3.05) is 20.3 Å². The molecule has 0 saturated heterocycles. The maximum Gasteiger partial charge on any atom is 0.261 e. The largest absolute Gasteiger partial charge is 0.385 e. The van der Waals surface area contributed by atoms with Crippen LogP contribution in [0, 0.1) is 11.8 Å². The van der Waals surface area contributed by atoms with Crippen molar-refractivity contribution >= 4 is 17.2 Å². The van der Waals surface area contributed by atoms with Gasteiger partial charge in [-0.15, -0.1) is 11.3 Å². The van der Waals surface area contributed by atoms with Gasteiger partial charge < -0.3 is 15.2 Å². The lowest BCUT2D eigenvalue weighted by atomic mass is 10.2. The molecular formula is C13H17NO3S. The van der Waals surface area contributed by atoms with Crippen molar-refractivity contribution in [1.82, 2.24) is 5.32 Å². The number of carbonyl (C=O) groups is 1. The maximum atomic E-state index is 11.9. The number of carbonyl (C=O) groups excluding carboxylic acids is 1. The number of aliphatic hydroxyl groups is 1. The molecular weight excluding hydrogens is 250 g/mol. The van der Waals surface area contributed by atoms with Crippen molar-refractivity contribution in [3.05, 3.63) is 21.9 Å². The molecule has 2 N–H and O–H groups in total. The lowest BCUT2D eigenvalue weighted by molar-refractivity contribution is 0.0933. The number of hydrogen-bond donors (Lipinski definition) is 2. The molecule has 0 spiro atoms. The van der Waals surface area contributed by atoms with Gasteiger partial charge in [-0.3, -0.25) is 4.79 Å². The fraction of sp³-hybridized carbons (Fsp3) is 0.462. The van der Waals surface area contributed by atoms with E-state index in [1.165, 1.54) is 11.3 Å². The summed E-state index contributed by atoms with van der Waals surface area (Å²) in [5.41, 5.74) is 0. The number of hydrogen-bond acceptors (Lipinski definition) is 4. The first-order valence-corrected chi connectivity index (χ1v) is 6.48. The Morgan fingerprint density at radius 3 is 3.06 bits per heavy atom. The first kappa shape index (κ1) is 14.7. The summed E-state index contributed by atoms with van der Waals surface area (Å²) in [6.07, 6.45) is 0.783. The van der Waals surface area contributed by atoms with Crippen molar-refractivity contribution in [2.24, 2.45) is 0 Å². The molecule has 0 aromatic carbocycles. The standard InChI is InChI=1S/C13H17NO3S/c1-10(7-9-17-2)14-13(16)12-6-5-11(18-12)4-3-8-15/h5-6,10,15H,7-9H2,1-2H3,(H,14,16). The van der Waals surface area contributed by atoms with Crippen LogP contribution in [0.4, 0.5) is 0 Å². The van der Waals surface area contributed by atoms with E-state index in [1.54, 1.807) is 19.2 Å². The predicted octanol–water partition coefficient (Wildman–Crippen LogP) is 1.25. The van der Waals surface area contributed by atoms with E-state index in [2.05, 4.69) is 17.2 Å². The lowest BCUT2D eigenvalue weighted by Crippen LogP contribution is -2.32. The van der Waals surface area contributed by atoms with Gasteiger partial charge >= 0.3 is 0 Å². The maximum absolute atomic E-state index is 11.9. The lowest BCUT2D eigenvalue weighted by Gasteiger charge is -2.12. The molecule has 0 bridgehead atoms. The van der Waals surface area contributed by atoms with Crippen molar-refractivity contribution in [1.29, 1.82) is 0 Å². The summed E-state index contributed by atoms with van der Waals surface area (Å²) in [4.78, 5) is 13.3. The molecule has 0 aliphatic heterocycles. The van der Waals surface area contributed by atoms with E-state index in [-0.39, 0.29) is 18.6 Å². The second-order valence-electron chi connectivity index (χ2n) is 3.78. The Balaban J connectivity index is 2.53. The predicted molar refractivity (Wildman–Crippen MR) is 71.7 cm³/mol. The molecule has 1 amide bonds. The molecule has 0 aliphatic carbocycles. The molecule has 0 fully saturated rings. The minimum Gasteiger partial charge on any atom is -0.385 e. The fourth-order valence-electron chi connectivity index (χ4n) is 1.32. The molecule has 18 heavy (non-hydrogen) atoms. The van der Waals surface area contributed by atoms with Crippen molar-refractivity contribution in [3.63, 3.8) is 0 Å². The van der Waals surface area contributed by atoms with Gasteiger partial charge in [-0.25, -0.2) is 0 Å². The number of aliphatic hydroxyl groups excluding tert-OH is 1. The van der Waals surface area contributed by atoms with Crippen molar-refractivity contribution < 1.29 is 14.6 Å². The van der Waals surface area contributed by atoms with Crippen LogP contribution < -0.4 is 5.32 Å². The van der Waals surface area contributed by atoms with Gasteiger partial charge in [0, 0.05) is 19.8 Å². The number of ether oxygens (including phenoxy) is 1. The third kappa shape index (κ3) is 4.88. The summed E-state index contributed by atoms with van der Waals surface area (Å²) in [5, 5.41) is 11.5. The van der Waals surface area contributed by atoms with E-state index in [0.29, 0.717) is 11.5 Å². The Morgan fingerprint density at radius 2 is 2.39 bits per heavy atom. The van der Waals surface area contributed by atoms with E-state index >= 15 is 0 Å². The molecule has 0 saturated carbocycles. The molecule has 1 unspecified atom stereocenters. The average Bonchev–Trinajstić information content (AvgIpc) is 2.82. The highest BCUT2D eigenvalue weighted by Gasteiger charge is 2.11. The van der Waals surface area contributed by atoms with E-state index in [4.69, 9.17) is 9.84 Å². The Bertz CT molecular complexity index is 445. The zero-order chi connectivity index (χ0) is 13.4. The van der Waals surface area contributed by atoms with Gasteiger partial charge in [-0.2, -0.15) is 0 Å². The fourth-order valence-corrected chi connectivity index (χ4v) is 2.10. The summed E-state index contributed by atoms with van der Waals surface area (Å²) >= 11 is 1.32. The Kier molecular flexibility index (Phi) is 6.44. The van der Waals surface area contributed by atoms with E-state index in [9.17, 15) is 4.79 Å². The highest BCUT2D eigenvalue weighted by molar-refractivity contribution is 7.14. The summed E-state index contributed by atoms with van der Waals surface area (Å²) in [7, 11) is 1.64. The second kappa shape index (κ2) is 7.88. The van der Waals surface area contributed by atoms with Crippen molar-refractivity contribution in [3.8, 4) is 11.8 Å². The van der Waals surface area contributed by atoms with E-state index in [1.807, 2.05) is 6.92 Å². The summed E-state index contributed by atoms with van der Waals surface area (Å²) in [6.45, 7) is 2.39. The average molecular weight is 267 g/mol. The number of nitrogens with one attached hydrogen (secondary N) is 1. The third-order valence-electron chi connectivity index (χ3n) is 2.25. The molecule has 1 aromatic rings. The van der Waals surface area contributed by atoms with Crippen LogP contribution in [0.1, 0.15) is 27.9 Å². The SMILES string of the molecule is COCCC(C)NC(=O)c1ccc(C#CCO)s1. The zero-order valence-corrected chi connectivity index (χ0v) is 11.3. The molecule has 0 aliphatic rings. The Morgan fingerprint density at radius 1 is 1.61 bits per heavy atom. The van der Waals surface area contributed by atoms with Crippen LogP contribution in [-0.4, -0.2) is 37.4 Å². The first-order chi connectivity index (χ1) is 8.67. The molecule has 1 rings (SSSR count). The molecule has 1 atom stereocenters. The number of amides is 1. The van der Waals surface area contributed by atoms with Crippen LogP contribution in [0.3, 0.4) is 0 Å². The molecule has 1 heterocycles. The van der Waals surface area contributed by atoms with Crippen LogP contribution in [0.2, 0.25) is 0 Å². The molecule has 5 heteroatoms. The molecule has 98 valence electrons. The zero-order valence-electron chi connectivity index (χ0n) is 10.5. The molecule has 1 aromatic heterocycles. The second-order valence-corrected chi connectivity index (χ2v) is 4.86. The van der Waals surface area contributed by atoms with Gasteiger partial charge in [0.05, 0.1) is 9.75 Å². The summed E-state index contributed by atoms with van der Waals surface area (Å²) in [6, 6.07) is 3.60. The van der Waals surface area contributed by atoms with Crippen molar-refractivity contribution in [2.45, 2.75) is 19.4 Å². The summed E-state index contributed by atoms with van der Waals surface area (Å²) < 4.78 is 4.96. The monoisotopic (exact) mass is 267 g/mol. The highest BCUT2D eigenvalue weighted by atomic mass is 32.1. The van der Waals surface area contributed by atoms with E-state index in [0.717, 1.165) is 11.3 Å². The van der Waals surface area contributed by atoms with Gasteiger partial charge in [-0.05, 0) is 25.5 Å². The Hall–Kier alpha value is -1.35. The van der Waals surface area contributed by atoms with Gasteiger partial charge in [0.15, 0.2) is 0 Å². The van der Waals surface area contributed by atoms with Crippen LogP contribution in [-0.2, 0) is 4.74 Å².